The molecule has 0 saturated carbocycles. The van der Waals surface area contributed by atoms with Gasteiger partial charge in [0.1, 0.15) is 5.75 Å². The molecule has 1 aliphatic rings. The molecule has 2 N–H and O–H groups in total. The van der Waals surface area contributed by atoms with E-state index in [0.29, 0.717) is 25.5 Å². The van der Waals surface area contributed by atoms with E-state index in [-0.39, 0.29) is 5.91 Å². The molecule has 1 aliphatic heterocycles. The molecule has 0 spiro atoms. The molecule has 1 heterocycles. The number of nitrogens with one attached hydrogen (secondary N) is 2. The molecule has 1 unspecified atom stereocenters. The van der Waals surface area contributed by atoms with Crippen LogP contribution in [0.15, 0.2) is 18.2 Å². The number of rotatable bonds is 7. The fourth-order valence-corrected chi connectivity index (χ4v) is 2.50. The van der Waals surface area contributed by atoms with Gasteiger partial charge in [0.15, 0.2) is 0 Å². The predicted octanol–water partition coefficient (Wildman–Crippen LogP) is 2.68. The van der Waals surface area contributed by atoms with Crippen molar-refractivity contribution < 1.29 is 9.53 Å². The van der Waals surface area contributed by atoms with E-state index in [2.05, 4.69) is 10.6 Å². The molecular weight excluding hydrogens is 288 g/mol. The molecular formula is C16H23ClN2O2. The van der Waals surface area contributed by atoms with Gasteiger partial charge < -0.3 is 15.4 Å². The zero-order valence-electron chi connectivity index (χ0n) is 12.5. The number of halogens is 1. The molecule has 0 aromatic heterocycles. The van der Waals surface area contributed by atoms with Crippen LogP contribution in [-0.4, -0.2) is 31.6 Å². The molecule has 1 amide bonds. The van der Waals surface area contributed by atoms with Gasteiger partial charge in [-0.25, -0.2) is 0 Å². The zero-order chi connectivity index (χ0) is 15.1. The molecule has 1 aromatic carbocycles. The summed E-state index contributed by atoms with van der Waals surface area (Å²) in [5, 5.41) is 7.06. The van der Waals surface area contributed by atoms with Gasteiger partial charge in [0, 0.05) is 24.0 Å². The minimum absolute atomic E-state index is 0.0968. The zero-order valence-corrected chi connectivity index (χ0v) is 13.2. The van der Waals surface area contributed by atoms with Crippen LogP contribution in [-0.2, 0) is 4.79 Å². The Morgan fingerprint density at radius 2 is 2.38 bits per heavy atom. The molecule has 0 bridgehead atoms. The fourth-order valence-electron chi connectivity index (χ4n) is 2.39. The molecule has 1 saturated heterocycles. The lowest BCUT2D eigenvalue weighted by molar-refractivity contribution is -0.121. The Morgan fingerprint density at radius 1 is 1.52 bits per heavy atom. The minimum Gasteiger partial charge on any atom is -0.494 e. The number of aryl methyl sites for hydroxylation is 1. The van der Waals surface area contributed by atoms with E-state index in [4.69, 9.17) is 16.3 Å². The van der Waals surface area contributed by atoms with E-state index < -0.39 is 0 Å². The summed E-state index contributed by atoms with van der Waals surface area (Å²) in [4.78, 5) is 11.7. The lowest BCUT2D eigenvalue weighted by Gasteiger charge is -2.11. The van der Waals surface area contributed by atoms with Crippen LogP contribution in [0.2, 0.25) is 5.02 Å². The molecule has 1 aromatic rings. The summed E-state index contributed by atoms with van der Waals surface area (Å²) in [6.07, 6.45) is 3.57. The standard InChI is InChI=1S/C16H23ClN2O2/c1-12-10-14(6-7-15(12)17)21-9-3-5-16(20)19-11-13-4-2-8-18-13/h6-7,10,13,18H,2-5,8-9,11H2,1H3,(H,19,20). The first-order valence-electron chi connectivity index (χ1n) is 7.54. The van der Waals surface area contributed by atoms with Crippen LogP contribution >= 0.6 is 11.6 Å². The highest BCUT2D eigenvalue weighted by atomic mass is 35.5. The highest BCUT2D eigenvalue weighted by Crippen LogP contribution is 2.21. The van der Waals surface area contributed by atoms with Gasteiger partial charge in [0.05, 0.1) is 6.61 Å². The predicted molar refractivity (Wildman–Crippen MR) is 85.0 cm³/mol. The fraction of sp³-hybridized carbons (Fsp3) is 0.562. The number of benzene rings is 1. The van der Waals surface area contributed by atoms with Gasteiger partial charge >= 0.3 is 0 Å². The molecule has 1 fully saturated rings. The van der Waals surface area contributed by atoms with Crippen molar-refractivity contribution in [1.29, 1.82) is 0 Å². The van der Waals surface area contributed by atoms with Crippen LogP contribution in [0.25, 0.3) is 0 Å². The van der Waals surface area contributed by atoms with Crippen LogP contribution < -0.4 is 15.4 Å². The summed E-state index contributed by atoms with van der Waals surface area (Å²) in [6, 6.07) is 6.03. The van der Waals surface area contributed by atoms with Gasteiger partial charge in [0.2, 0.25) is 5.91 Å². The van der Waals surface area contributed by atoms with Crippen LogP contribution in [0.5, 0.6) is 5.75 Å². The Labute approximate surface area is 131 Å². The number of ether oxygens (including phenoxy) is 1. The number of carbonyl (C=O) groups is 1. The van der Waals surface area contributed by atoms with Crippen molar-refractivity contribution in [1.82, 2.24) is 10.6 Å². The number of hydrogen-bond donors (Lipinski definition) is 2. The van der Waals surface area contributed by atoms with Crippen molar-refractivity contribution in [3.05, 3.63) is 28.8 Å². The Bertz CT molecular complexity index is 473. The van der Waals surface area contributed by atoms with E-state index >= 15 is 0 Å². The van der Waals surface area contributed by atoms with E-state index in [1.54, 1.807) is 0 Å². The van der Waals surface area contributed by atoms with Crippen LogP contribution in [0.1, 0.15) is 31.2 Å². The Morgan fingerprint density at radius 3 is 3.10 bits per heavy atom. The number of amides is 1. The molecule has 116 valence electrons. The first kappa shape index (κ1) is 16.1. The maximum atomic E-state index is 11.7. The van der Waals surface area contributed by atoms with Crippen LogP contribution in [0.4, 0.5) is 0 Å². The Balaban J connectivity index is 1.58. The smallest absolute Gasteiger partial charge is 0.220 e. The molecule has 2 rings (SSSR count). The van der Waals surface area contributed by atoms with Crippen LogP contribution in [0.3, 0.4) is 0 Å². The maximum Gasteiger partial charge on any atom is 0.220 e. The van der Waals surface area contributed by atoms with Gasteiger partial charge in [-0.1, -0.05) is 11.6 Å². The van der Waals surface area contributed by atoms with Crippen molar-refractivity contribution in [2.45, 2.75) is 38.6 Å². The quantitative estimate of drug-likeness (QED) is 0.761. The van der Waals surface area contributed by atoms with Crippen molar-refractivity contribution in [3.8, 4) is 5.75 Å². The Kier molecular flexibility index (Phi) is 6.33. The SMILES string of the molecule is Cc1cc(OCCCC(=O)NCC2CCCN2)ccc1Cl. The topological polar surface area (TPSA) is 50.4 Å². The second-order valence-corrected chi connectivity index (χ2v) is 5.87. The molecule has 5 heteroatoms. The molecule has 0 aliphatic carbocycles. The number of hydrogen-bond acceptors (Lipinski definition) is 3. The van der Waals surface area contributed by atoms with Crippen molar-refractivity contribution in [2.75, 3.05) is 19.7 Å². The van der Waals surface area contributed by atoms with Crippen molar-refractivity contribution in [2.24, 2.45) is 0 Å². The van der Waals surface area contributed by atoms with Crippen molar-refractivity contribution >= 4 is 17.5 Å². The summed E-state index contributed by atoms with van der Waals surface area (Å²) >= 11 is 5.96. The monoisotopic (exact) mass is 310 g/mol. The maximum absolute atomic E-state index is 11.7. The molecule has 0 radical (unpaired) electrons. The van der Waals surface area contributed by atoms with Crippen LogP contribution in [0, 0.1) is 6.92 Å². The van der Waals surface area contributed by atoms with E-state index in [1.807, 2.05) is 25.1 Å². The van der Waals surface area contributed by atoms with E-state index in [1.165, 1.54) is 6.42 Å². The first-order chi connectivity index (χ1) is 10.1. The van der Waals surface area contributed by atoms with Crippen molar-refractivity contribution in [3.63, 3.8) is 0 Å². The molecule has 21 heavy (non-hydrogen) atoms. The van der Waals surface area contributed by atoms with Gasteiger partial charge in [0.25, 0.3) is 0 Å². The molecule has 4 nitrogen and oxygen atoms in total. The summed E-state index contributed by atoms with van der Waals surface area (Å²) < 4.78 is 5.62. The largest absolute Gasteiger partial charge is 0.494 e. The molecule has 1 atom stereocenters. The summed E-state index contributed by atoms with van der Waals surface area (Å²) in [5.41, 5.74) is 0.996. The summed E-state index contributed by atoms with van der Waals surface area (Å²) in [6.45, 7) is 4.28. The minimum atomic E-state index is 0.0968. The van der Waals surface area contributed by atoms with Gasteiger partial charge in [-0.3, -0.25) is 4.79 Å². The van der Waals surface area contributed by atoms with Gasteiger partial charge in [-0.2, -0.15) is 0 Å². The summed E-state index contributed by atoms with van der Waals surface area (Å²) in [7, 11) is 0. The first-order valence-corrected chi connectivity index (χ1v) is 7.92. The highest BCUT2D eigenvalue weighted by Gasteiger charge is 2.14. The van der Waals surface area contributed by atoms with E-state index in [9.17, 15) is 4.79 Å². The van der Waals surface area contributed by atoms with Gasteiger partial charge in [-0.15, -0.1) is 0 Å². The Hall–Kier alpha value is -1.26. The average Bonchev–Trinajstić information content (AvgIpc) is 2.98. The lowest BCUT2D eigenvalue weighted by atomic mass is 10.2. The highest BCUT2D eigenvalue weighted by molar-refractivity contribution is 6.31. The van der Waals surface area contributed by atoms with Gasteiger partial charge in [-0.05, 0) is 56.5 Å². The third-order valence-electron chi connectivity index (χ3n) is 3.65. The second-order valence-electron chi connectivity index (χ2n) is 5.46. The normalized spacial score (nSPS) is 17.7. The average molecular weight is 311 g/mol. The van der Waals surface area contributed by atoms with E-state index in [0.717, 1.165) is 35.8 Å². The third kappa shape index (κ3) is 5.56. The second kappa shape index (κ2) is 8.25. The lowest BCUT2D eigenvalue weighted by Crippen LogP contribution is -2.37. The third-order valence-corrected chi connectivity index (χ3v) is 4.08. The number of carbonyl (C=O) groups excluding carboxylic acids is 1. The summed E-state index contributed by atoms with van der Waals surface area (Å²) in [5.74, 6) is 0.895.